The number of halogens is 3. The third kappa shape index (κ3) is 5.03. The van der Waals surface area contributed by atoms with Crippen LogP contribution in [0.4, 0.5) is 0 Å². The zero-order valence-corrected chi connectivity index (χ0v) is 16.5. The molecular formula is C20H20Cl3NO2. The molecule has 0 spiro atoms. The van der Waals surface area contributed by atoms with E-state index in [1.165, 1.54) is 0 Å². The molecule has 0 fully saturated rings. The molecule has 2 unspecified atom stereocenters. The van der Waals surface area contributed by atoms with E-state index in [4.69, 9.17) is 27.6 Å². The van der Waals surface area contributed by atoms with Crippen LogP contribution in [-0.4, -0.2) is 11.1 Å². The van der Waals surface area contributed by atoms with Gasteiger partial charge in [-0.2, -0.15) is 0 Å². The molecule has 0 aliphatic heterocycles. The fraction of sp³-hybridized carbons (Fsp3) is 0.200. The molecule has 138 valence electrons. The van der Waals surface area contributed by atoms with Crippen LogP contribution in [0.3, 0.4) is 0 Å². The van der Waals surface area contributed by atoms with Gasteiger partial charge in [-0.3, -0.25) is 0 Å². The lowest BCUT2D eigenvalue weighted by atomic mass is 10.0. The van der Waals surface area contributed by atoms with Crippen molar-refractivity contribution >= 4 is 35.6 Å². The molecule has 0 aliphatic rings. The number of furan rings is 1. The van der Waals surface area contributed by atoms with Gasteiger partial charge in [-0.25, -0.2) is 0 Å². The Kier molecular flexibility index (Phi) is 7.56. The average Bonchev–Trinajstić information content (AvgIpc) is 3.08. The molecule has 26 heavy (non-hydrogen) atoms. The molecule has 0 amide bonds. The first-order valence-corrected chi connectivity index (χ1v) is 8.80. The first-order chi connectivity index (χ1) is 12.0. The van der Waals surface area contributed by atoms with Gasteiger partial charge in [0.15, 0.2) is 0 Å². The molecule has 0 saturated carbocycles. The second kappa shape index (κ2) is 9.45. The van der Waals surface area contributed by atoms with Crippen LogP contribution in [0.2, 0.25) is 10.0 Å². The Balaban J connectivity index is 0.00000243. The van der Waals surface area contributed by atoms with Crippen LogP contribution in [0.25, 0.3) is 11.3 Å². The fourth-order valence-corrected chi connectivity index (χ4v) is 3.12. The van der Waals surface area contributed by atoms with E-state index in [1.807, 2.05) is 55.5 Å². The van der Waals surface area contributed by atoms with E-state index in [1.54, 1.807) is 12.1 Å². The van der Waals surface area contributed by atoms with Crippen molar-refractivity contribution in [1.82, 2.24) is 5.32 Å². The second-order valence-corrected chi connectivity index (χ2v) is 6.76. The summed E-state index contributed by atoms with van der Waals surface area (Å²) in [5, 5.41) is 14.8. The van der Waals surface area contributed by atoms with Crippen molar-refractivity contribution in [3.63, 3.8) is 0 Å². The van der Waals surface area contributed by atoms with Gasteiger partial charge in [0.05, 0.1) is 17.7 Å². The summed E-state index contributed by atoms with van der Waals surface area (Å²) in [6.45, 7) is 2.45. The molecule has 6 heteroatoms. The maximum atomic E-state index is 10.4. The molecule has 2 N–H and O–H groups in total. The molecule has 1 heterocycles. The third-order valence-electron chi connectivity index (χ3n) is 4.07. The van der Waals surface area contributed by atoms with Crippen LogP contribution in [0.5, 0.6) is 0 Å². The summed E-state index contributed by atoms with van der Waals surface area (Å²) >= 11 is 12.1. The Morgan fingerprint density at radius 1 is 1.04 bits per heavy atom. The smallest absolute Gasteiger partial charge is 0.135 e. The van der Waals surface area contributed by atoms with Crippen molar-refractivity contribution in [2.24, 2.45) is 0 Å². The van der Waals surface area contributed by atoms with Gasteiger partial charge in [0.25, 0.3) is 0 Å². The Bertz CT molecular complexity index is 836. The van der Waals surface area contributed by atoms with Crippen LogP contribution in [0.1, 0.15) is 24.4 Å². The number of nitrogens with one attached hydrogen (secondary N) is 1. The second-order valence-electron chi connectivity index (χ2n) is 5.92. The minimum atomic E-state index is -0.582. The fourth-order valence-electron chi connectivity index (χ4n) is 2.62. The van der Waals surface area contributed by atoms with Crippen molar-refractivity contribution in [2.45, 2.75) is 25.6 Å². The lowest BCUT2D eigenvalue weighted by molar-refractivity contribution is 0.134. The molecule has 3 rings (SSSR count). The van der Waals surface area contributed by atoms with Gasteiger partial charge in [0, 0.05) is 16.6 Å². The predicted molar refractivity (Wildman–Crippen MR) is 109 cm³/mol. The third-order valence-corrected chi connectivity index (χ3v) is 4.62. The van der Waals surface area contributed by atoms with Gasteiger partial charge < -0.3 is 14.8 Å². The molecule has 1 aromatic heterocycles. The van der Waals surface area contributed by atoms with Gasteiger partial charge >= 0.3 is 0 Å². The highest BCUT2D eigenvalue weighted by molar-refractivity contribution is 6.36. The van der Waals surface area contributed by atoms with Crippen molar-refractivity contribution in [1.29, 1.82) is 0 Å². The number of aliphatic hydroxyl groups excluding tert-OH is 1. The van der Waals surface area contributed by atoms with Crippen LogP contribution in [0, 0.1) is 0 Å². The van der Waals surface area contributed by atoms with Crippen molar-refractivity contribution in [2.75, 3.05) is 0 Å². The van der Waals surface area contributed by atoms with Gasteiger partial charge in [-0.15, -0.1) is 12.4 Å². The van der Waals surface area contributed by atoms with Crippen molar-refractivity contribution < 1.29 is 9.52 Å². The van der Waals surface area contributed by atoms with Gasteiger partial charge in [0.2, 0.25) is 0 Å². The highest BCUT2D eigenvalue weighted by atomic mass is 35.5. The first-order valence-electron chi connectivity index (χ1n) is 8.05. The van der Waals surface area contributed by atoms with E-state index < -0.39 is 6.10 Å². The van der Waals surface area contributed by atoms with E-state index in [-0.39, 0.29) is 18.4 Å². The normalized spacial score (nSPS) is 13.1. The average molecular weight is 413 g/mol. The molecule has 2 atom stereocenters. The van der Waals surface area contributed by atoms with Crippen molar-refractivity contribution in [3.05, 3.63) is 82.0 Å². The Hall–Kier alpha value is -1.49. The highest BCUT2D eigenvalue weighted by Gasteiger charge is 2.16. The zero-order chi connectivity index (χ0) is 17.8. The molecule has 3 aromatic rings. The Labute approximate surface area is 169 Å². The van der Waals surface area contributed by atoms with Crippen LogP contribution < -0.4 is 5.32 Å². The topological polar surface area (TPSA) is 45.4 Å². The number of hydrogen-bond acceptors (Lipinski definition) is 3. The maximum absolute atomic E-state index is 10.4. The summed E-state index contributed by atoms with van der Waals surface area (Å²) < 4.78 is 5.85. The summed E-state index contributed by atoms with van der Waals surface area (Å²) in [5.74, 6) is 1.46. The lowest BCUT2D eigenvalue weighted by Gasteiger charge is -2.20. The number of hydrogen-bond donors (Lipinski definition) is 2. The zero-order valence-electron chi connectivity index (χ0n) is 14.2. The van der Waals surface area contributed by atoms with Crippen molar-refractivity contribution in [3.8, 4) is 11.3 Å². The highest BCUT2D eigenvalue weighted by Crippen LogP contribution is 2.31. The van der Waals surface area contributed by atoms with Gasteiger partial charge in [-0.05, 0) is 42.8 Å². The molecule has 2 aromatic carbocycles. The Morgan fingerprint density at radius 2 is 1.77 bits per heavy atom. The molecule has 3 nitrogen and oxygen atoms in total. The predicted octanol–water partition coefficient (Wildman–Crippen LogP) is 5.89. The summed E-state index contributed by atoms with van der Waals surface area (Å²) in [7, 11) is 0. The number of aliphatic hydroxyl groups is 1. The van der Waals surface area contributed by atoms with E-state index in [0.29, 0.717) is 22.4 Å². The Morgan fingerprint density at radius 3 is 2.46 bits per heavy atom. The lowest BCUT2D eigenvalue weighted by Crippen LogP contribution is -2.31. The minimum Gasteiger partial charge on any atom is -0.460 e. The molecule has 0 aliphatic carbocycles. The number of benzene rings is 2. The molecule has 0 radical (unpaired) electrons. The molecular weight excluding hydrogens is 393 g/mol. The summed E-state index contributed by atoms with van der Waals surface area (Å²) in [5.41, 5.74) is 1.69. The quantitative estimate of drug-likeness (QED) is 0.531. The minimum absolute atomic E-state index is 0. The maximum Gasteiger partial charge on any atom is 0.135 e. The van der Waals surface area contributed by atoms with Crippen LogP contribution in [0.15, 0.2) is 65.1 Å². The SMILES string of the molecule is CC(NCc1ccc(-c2ccc(Cl)cc2Cl)o1)C(O)c1ccccc1.Cl. The summed E-state index contributed by atoms with van der Waals surface area (Å²) in [4.78, 5) is 0. The summed E-state index contributed by atoms with van der Waals surface area (Å²) in [6, 6.07) is 18.6. The first kappa shape index (κ1) is 20.8. The largest absolute Gasteiger partial charge is 0.460 e. The van der Waals surface area contributed by atoms with Crippen LogP contribution in [-0.2, 0) is 6.54 Å². The van der Waals surface area contributed by atoms with E-state index >= 15 is 0 Å². The molecule has 0 saturated heterocycles. The van der Waals surface area contributed by atoms with Gasteiger partial charge in [-0.1, -0.05) is 53.5 Å². The number of rotatable bonds is 6. The van der Waals surface area contributed by atoms with E-state index in [2.05, 4.69) is 5.32 Å². The summed E-state index contributed by atoms with van der Waals surface area (Å²) in [6.07, 6.45) is -0.582. The van der Waals surface area contributed by atoms with Crippen LogP contribution >= 0.6 is 35.6 Å². The van der Waals surface area contributed by atoms with E-state index in [0.717, 1.165) is 16.9 Å². The standard InChI is InChI=1S/C20H19Cl2NO2.ClH/c1-13(20(24)14-5-3-2-4-6-14)23-12-16-8-10-19(25-16)17-9-7-15(21)11-18(17)22;/h2-11,13,20,23-24H,12H2,1H3;1H. The molecule has 0 bridgehead atoms. The van der Waals surface area contributed by atoms with Gasteiger partial charge in [0.1, 0.15) is 11.5 Å². The van der Waals surface area contributed by atoms with E-state index in [9.17, 15) is 5.11 Å². The monoisotopic (exact) mass is 411 g/mol.